The highest BCUT2D eigenvalue weighted by atomic mass is 16.5. The van der Waals surface area contributed by atoms with Gasteiger partial charge in [0.2, 0.25) is 0 Å². The standard InChI is InChI=1S/C22H26N4O2/c1-17-21(22(27)26(23(17)2)18-9-5-4-6-10-18)25-15-13-24(14-16-25)19-11-7-8-12-20(19)28-3/h4-12H,13-16H2,1-3H3. The molecule has 0 bridgehead atoms. The minimum atomic E-state index is 0.0388. The highest BCUT2D eigenvalue weighted by Gasteiger charge is 2.26. The molecule has 28 heavy (non-hydrogen) atoms. The van der Waals surface area contributed by atoms with E-state index in [1.807, 2.05) is 67.2 Å². The summed E-state index contributed by atoms with van der Waals surface area (Å²) in [6, 6.07) is 17.9. The van der Waals surface area contributed by atoms with Crippen molar-refractivity contribution in [2.45, 2.75) is 6.92 Å². The predicted molar refractivity (Wildman–Crippen MR) is 113 cm³/mol. The lowest BCUT2D eigenvalue weighted by Crippen LogP contribution is -2.48. The summed E-state index contributed by atoms with van der Waals surface area (Å²) in [6.07, 6.45) is 0. The van der Waals surface area contributed by atoms with Gasteiger partial charge in [-0.25, -0.2) is 4.68 Å². The van der Waals surface area contributed by atoms with Crippen molar-refractivity contribution in [3.05, 3.63) is 70.6 Å². The van der Waals surface area contributed by atoms with E-state index in [-0.39, 0.29) is 5.56 Å². The third-order valence-corrected chi connectivity index (χ3v) is 5.55. The van der Waals surface area contributed by atoms with E-state index in [1.54, 1.807) is 11.8 Å². The van der Waals surface area contributed by atoms with Crippen LogP contribution in [0.3, 0.4) is 0 Å². The molecular weight excluding hydrogens is 352 g/mol. The van der Waals surface area contributed by atoms with Gasteiger partial charge >= 0.3 is 0 Å². The second-order valence-electron chi connectivity index (χ2n) is 7.06. The quantitative estimate of drug-likeness (QED) is 0.700. The molecule has 4 rings (SSSR count). The lowest BCUT2D eigenvalue weighted by Gasteiger charge is -2.37. The third kappa shape index (κ3) is 3.05. The van der Waals surface area contributed by atoms with Crippen LogP contribution in [0.2, 0.25) is 0 Å². The molecule has 0 spiro atoms. The van der Waals surface area contributed by atoms with Gasteiger partial charge in [-0.2, -0.15) is 0 Å². The first kappa shape index (κ1) is 18.2. The molecule has 2 heterocycles. The number of aromatic nitrogens is 2. The Kier molecular flexibility index (Phi) is 4.86. The molecule has 0 N–H and O–H groups in total. The lowest BCUT2D eigenvalue weighted by atomic mass is 10.2. The maximum absolute atomic E-state index is 13.2. The molecule has 1 aliphatic rings. The minimum Gasteiger partial charge on any atom is -0.495 e. The zero-order valence-corrected chi connectivity index (χ0v) is 16.6. The fourth-order valence-electron chi connectivity index (χ4n) is 3.98. The summed E-state index contributed by atoms with van der Waals surface area (Å²) < 4.78 is 9.20. The van der Waals surface area contributed by atoms with Crippen molar-refractivity contribution in [1.82, 2.24) is 9.36 Å². The average Bonchev–Trinajstić information content (AvgIpc) is 2.97. The Balaban J connectivity index is 1.60. The smallest absolute Gasteiger partial charge is 0.295 e. The normalized spacial score (nSPS) is 14.4. The van der Waals surface area contributed by atoms with E-state index in [9.17, 15) is 4.79 Å². The van der Waals surface area contributed by atoms with Gasteiger partial charge in [0.1, 0.15) is 11.4 Å². The Morgan fingerprint density at radius 3 is 2.14 bits per heavy atom. The number of para-hydroxylation sites is 3. The summed E-state index contributed by atoms with van der Waals surface area (Å²) >= 11 is 0. The molecule has 0 amide bonds. The summed E-state index contributed by atoms with van der Waals surface area (Å²) in [5, 5.41) is 0. The summed E-state index contributed by atoms with van der Waals surface area (Å²) in [5.74, 6) is 0.887. The molecule has 0 radical (unpaired) electrons. The van der Waals surface area contributed by atoms with Crippen LogP contribution in [0.1, 0.15) is 5.69 Å². The number of benzene rings is 2. The Morgan fingerprint density at radius 2 is 1.46 bits per heavy atom. The molecule has 6 heteroatoms. The van der Waals surface area contributed by atoms with Gasteiger partial charge in [0, 0.05) is 33.2 Å². The summed E-state index contributed by atoms with van der Waals surface area (Å²) in [7, 11) is 3.65. The Hall–Kier alpha value is -3.15. The fraction of sp³-hybridized carbons (Fsp3) is 0.318. The van der Waals surface area contributed by atoms with Crippen molar-refractivity contribution in [3.8, 4) is 11.4 Å². The maximum atomic E-state index is 13.2. The number of nitrogens with zero attached hydrogens (tertiary/aromatic N) is 4. The van der Waals surface area contributed by atoms with Gasteiger partial charge in [0.15, 0.2) is 0 Å². The van der Waals surface area contributed by atoms with Crippen LogP contribution >= 0.6 is 0 Å². The van der Waals surface area contributed by atoms with Crippen molar-refractivity contribution < 1.29 is 4.74 Å². The second-order valence-corrected chi connectivity index (χ2v) is 7.06. The van der Waals surface area contributed by atoms with E-state index in [1.165, 1.54) is 0 Å². The van der Waals surface area contributed by atoms with Crippen LogP contribution in [0.15, 0.2) is 59.4 Å². The van der Waals surface area contributed by atoms with Crippen LogP contribution in [-0.2, 0) is 7.05 Å². The Labute approximate surface area is 165 Å². The highest BCUT2D eigenvalue weighted by molar-refractivity contribution is 5.60. The van der Waals surface area contributed by atoms with E-state index in [0.29, 0.717) is 0 Å². The molecule has 0 saturated carbocycles. The van der Waals surface area contributed by atoms with Gasteiger partial charge < -0.3 is 14.5 Å². The number of methoxy groups -OCH3 is 1. The largest absolute Gasteiger partial charge is 0.495 e. The van der Waals surface area contributed by atoms with Crippen LogP contribution in [0.4, 0.5) is 11.4 Å². The van der Waals surface area contributed by atoms with Crippen molar-refractivity contribution in [2.75, 3.05) is 43.1 Å². The van der Waals surface area contributed by atoms with Crippen LogP contribution < -0.4 is 20.1 Å². The van der Waals surface area contributed by atoms with Crippen LogP contribution in [0.25, 0.3) is 5.69 Å². The van der Waals surface area contributed by atoms with Gasteiger partial charge in [-0.05, 0) is 31.2 Å². The molecule has 1 fully saturated rings. The van der Waals surface area contributed by atoms with E-state index < -0.39 is 0 Å². The minimum absolute atomic E-state index is 0.0388. The molecule has 1 saturated heterocycles. The molecule has 146 valence electrons. The molecule has 6 nitrogen and oxygen atoms in total. The van der Waals surface area contributed by atoms with E-state index in [0.717, 1.165) is 54.7 Å². The van der Waals surface area contributed by atoms with Gasteiger partial charge in [0.05, 0.1) is 24.2 Å². The molecule has 0 aliphatic carbocycles. The average molecular weight is 378 g/mol. The molecule has 1 aromatic heterocycles. The number of piperazine rings is 1. The van der Waals surface area contributed by atoms with Crippen LogP contribution in [-0.4, -0.2) is 42.7 Å². The van der Waals surface area contributed by atoms with E-state index in [2.05, 4.69) is 15.9 Å². The van der Waals surface area contributed by atoms with E-state index >= 15 is 0 Å². The molecule has 0 unspecified atom stereocenters. The molecule has 0 atom stereocenters. The number of hydrogen-bond donors (Lipinski definition) is 0. The zero-order chi connectivity index (χ0) is 19.7. The molecule has 3 aromatic rings. The van der Waals surface area contributed by atoms with E-state index in [4.69, 9.17) is 4.74 Å². The Morgan fingerprint density at radius 1 is 0.857 bits per heavy atom. The summed E-state index contributed by atoms with van der Waals surface area (Å²) in [4.78, 5) is 17.8. The zero-order valence-electron chi connectivity index (χ0n) is 16.6. The molecule has 1 aliphatic heterocycles. The van der Waals surface area contributed by atoms with Crippen molar-refractivity contribution in [1.29, 1.82) is 0 Å². The highest BCUT2D eigenvalue weighted by Crippen LogP contribution is 2.29. The summed E-state index contributed by atoms with van der Waals surface area (Å²) in [6.45, 7) is 5.31. The van der Waals surface area contributed by atoms with Crippen molar-refractivity contribution >= 4 is 11.4 Å². The third-order valence-electron chi connectivity index (χ3n) is 5.55. The Bertz CT molecular complexity index is 1010. The van der Waals surface area contributed by atoms with Crippen molar-refractivity contribution in [3.63, 3.8) is 0 Å². The van der Waals surface area contributed by atoms with Crippen LogP contribution in [0.5, 0.6) is 5.75 Å². The van der Waals surface area contributed by atoms with Gasteiger partial charge in [0.25, 0.3) is 5.56 Å². The monoisotopic (exact) mass is 378 g/mol. The van der Waals surface area contributed by atoms with Gasteiger partial charge in [-0.3, -0.25) is 9.48 Å². The lowest BCUT2D eigenvalue weighted by molar-refractivity contribution is 0.413. The van der Waals surface area contributed by atoms with Gasteiger partial charge in [-0.1, -0.05) is 30.3 Å². The molecule has 2 aromatic carbocycles. The first-order valence-corrected chi connectivity index (χ1v) is 9.58. The number of anilines is 2. The summed E-state index contributed by atoms with van der Waals surface area (Å²) in [5.41, 5.74) is 3.82. The number of ether oxygens (including phenoxy) is 1. The number of rotatable bonds is 4. The topological polar surface area (TPSA) is 42.6 Å². The maximum Gasteiger partial charge on any atom is 0.295 e. The van der Waals surface area contributed by atoms with Crippen LogP contribution in [0, 0.1) is 6.92 Å². The van der Waals surface area contributed by atoms with Crippen molar-refractivity contribution in [2.24, 2.45) is 7.05 Å². The first-order valence-electron chi connectivity index (χ1n) is 9.58. The predicted octanol–water partition coefficient (Wildman–Crippen LogP) is 2.82. The SMILES string of the molecule is COc1ccccc1N1CCN(c2c(C)n(C)n(-c3ccccc3)c2=O)CC1. The fourth-order valence-corrected chi connectivity index (χ4v) is 3.98. The molecular formula is C22H26N4O2. The van der Waals surface area contributed by atoms with Gasteiger partial charge in [-0.15, -0.1) is 0 Å². The number of hydrogen-bond acceptors (Lipinski definition) is 4. The second kappa shape index (κ2) is 7.46. The first-order chi connectivity index (χ1) is 13.6.